The van der Waals surface area contributed by atoms with Crippen LogP contribution in [-0.4, -0.2) is 4.86 Å². The molecule has 2 aromatic carbocycles. The van der Waals surface area contributed by atoms with Gasteiger partial charge in [0, 0.05) is 16.0 Å². The monoisotopic (exact) mass is 236 g/mol. The van der Waals surface area contributed by atoms with Gasteiger partial charge in [0.2, 0.25) is 0 Å². The second kappa shape index (κ2) is 5.43. The van der Waals surface area contributed by atoms with Crippen LogP contribution in [0.15, 0.2) is 54.6 Å². The van der Waals surface area contributed by atoms with Gasteiger partial charge in [0.25, 0.3) is 0 Å². The summed E-state index contributed by atoms with van der Waals surface area (Å²) in [5, 5.41) is 0. The van der Waals surface area contributed by atoms with E-state index in [2.05, 4.69) is 11.8 Å². The molecule has 2 rings (SSSR count). The van der Waals surface area contributed by atoms with E-state index in [0.717, 1.165) is 21.6 Å². The van der Waals surface area contributed by atoms with Crippen molar-refractivity contribution in [2.75, 3.05) is 0 Å². The normalized spacial score (nSPS) is 9.24. The molecule has 0 N–H and O–H groups in total. The number of hydrogen-bond donors (Lipinski definition) is 0. The van der Waals surface area contributed by atoms with E-state index in [4.69, 9.17) is 12.2 Å². The van der Waals surface area contributed by atoms with Gasteiger partial charge in [-0.2, -0.15) is 0 Å². The molecule has 0 atom stereocenters. The number of benzene rings is 2. The maximum Gasteiger partial charge on any atom is 0.0249 e. The Labute approximate surface area is 107 Å². The van der Waals surface area contributed by atoms with E-state index in [1.165, 1.54) is 0 Å². The highest BCUT2D eigenvalue weighted by atomic mass is 32.1. The van der Waals surface area contributed by atoms with E-state index >= 15 is 0 Å². The average Bonchev–Trinajstić information content (AvgIpc) is 2.38. The third kappa shape index (κ3) is 3.27. The first-order valence-corrected chi connectivity index (χ1v) is 5.84. The van der Waals surface area contributed by atoms with E-state index in [-0.39, 0.29) is 0 Å². The highest BCUT2D eigenvalue weighted by molar-refractivity contribution is 7.80. The molecule has 0 aromatic heterocycles. The quantitative estimate of drug-likeness (QED) is 0.412. The van der Waals surface area contributed by atoms with Gasteiger partial charge in [-0.3, -0.25) is 0 Å². The standard InChI is InChI=1S/C16H12S/c1-13(17)16-11-9-15(10-12-16)8-7-14-5-3-2-4-6-14/h2-6,9-12H,1H3. The molecule has 0 bridgehead atoms. The fourth-order valence-electron chi connectivity index (χ4n) is 1.45. The summed E-state index contributed by atoms with van der Waals surface area (Å²) in [5.41, 5.74) is 3.13. The molecule has 0 saturated heterocycles. The first-order valence-electron chi connectivity index (χ1n) is 5.44. The predicted molar refractivity (Wildman–Crippen MR) is 76.2 cm³/mol. The van der Waals surface area contributed by atoms with Crippen molar-refractivity contribution in [3.63, 3.8) is 0 Å². The summed E-state index contributed by atoms with van der Waals surface area (Å²) in [4.78, 5) is 0.910. The number of rotatable bonds is 1. The molecule has 0 fully saturated rings. The Bertz CT molecular complexity index is 568. The van der Waals surface area contributed by atoms with E-state index in [1.54, 1.807) is 0 Å². The van der Waals surface area contributed by atoms with Crippen molar-refractivity contribution >= 4 is 17.1 Å². The third-order valence-electron chi connectivity index (χ3n) is 2.42. The van der Waals surface area contributed by atoms with Crippen LogP contribution in [0.5, 0.6) is 0 Å². The first-order chi connectivity index (χ1) is 8.25. The average molecular weight is 236 g/mol. The van der Waals surface area contributed by atoms with Gasteiger partial charge >= 0.3 is 0 Å². The molecule has 0 aliphatic rings. The zero-order valence-electron chi connectivity index (χ0n) is 9.60. The topological polar surface area (TPSA) is 0 Å². The SMILES string of the molecule is CC(=S)c1ccc(C#Cc2ccccc2)cc1. The summed E-state index contributed by atoms with van der Waals surface area (Å²) >= 11 is 5.11. The molecule has 2 aromatic rings. The maximum absolute atomic E-state index is 5.11. The maximum atomic E-state index is 5.11. The molecule has 17 heavy (non-hydrogen) atoms. The Morgan fingerprint density at radius 3 is 1.88 bits per heavy atom. The Kier molecular flexibility index (Phi) is 3.69. The van der Waals surface area contributed by atoms with Crippen molar-refractivity contribution in [1.29, 1.82) is 0 Å². The largest absolute Gasteiger partial charge is 0.0846 e. The lowest BCUT2D eigenvalue weighted by Crippen LogP contribution is -1.89. The minimum atomic E-state index is 0.910. The van der Waals surface area contributed by atoms with Crippen LogP contribution in [0.3, 0.4) is 0 Å². The zero-order chi connectivity index (χ0) is 12.1. The van der Waals surface area contributed by atoms with Crippen molar-refractivity contribution in [1.82, 2.24) is 0 Å². The van der Waals surface area contributed by atoms with E-state index in [1.807, 2.05) is 61.5 Å². The lowest BCUT2D eigenvalue weighted by atomic mass is 10.1. The van der Waals surface area contributed by atoms with Gasteiger partial charge in [0.1, 0.15) is 0 Å². The van der Waals surface area contributed by atoms with Gasteiger partial charge in [-0.1, -0.05) is 54.4 Å². The molecule has 0 aliphatic heterocycles. The van der Waals surface area contributed by atoms with Crippen LogP contribution in [0.25, 0.3) is 0 Å². The van der Waals surface area contributed by atoms with Gasteiger partial charge in [-0.15, -0.1) is 0 Å². The Morgan fingerprint density at radius 1 is 0.824 bits per heavy atom. The van der Waals surface area contributed by atoms with E-state index in [0.29, 0.717) is 0 Å². The smallest absolute Gasteiger partial charge is 0.0249 e. The zero-order valence-corrected chi connectivity index (χ0v) is 10.4. The fraction of sp³-hybridized carbons (Fsp3) is 0.0625. The summed E-state index contributed by atoms with van der Waals surface area (Å²) < 4.78 is 0. The highest BCUT2D eigenvalue weighted by Gasteiger charge is 1.93. The molecule has 0 aliphatic carbocycles. The summed E-state index contributed by atoms with van der Waals surface area (Å²) in [6, 6.07) is 18.0. The molecule has 0 radical (unpaired) electrons. The van der Waals surface area contributed by atoms with Crippen molar-refractivity contribution in [3.8, 4) is 11.8 Å². The number of hydrogen-bond acceptors (Lipinski definition) is 1. The van der Waals surface area contributed by atoms with Crippen molar-refractivity contribution < 1.29 is 0 Å². The van der Waals surface area contributed by atoms with Crippen molar-refractivity contribution in [3.05, 3.63) is 71.3 Å². The fourth-order valence-corrected chi connectivity index (χ4v) is 1.59. The van der Waals surface area contributed by atoms with Crippen LogP contribution in [-0.2, 0) is 0 Å². The predicted octanol–water partition coefficient (Wildman–Crippen LogP) is 3.82. The summed E-state index contributed by atoms with van der Waals surface area (Å²) in [5.74, 6) is 6.26. The van der Waals surface area contributed by atoms with E-state index in [9.17, 15) is 0 Å². The molecular formula is C16H12S. The molecule has 0 spiro atoms. The lowest BCUT2D eigenvalue weighted by molar-refractivity contribution is 1.60. The Hall–Kier alpha value is -1.91. The summed E-state index contributed by atoms with van der Waals surface area (Å²) in [7, 11) is 0. The van der Waals surface area contributed by atoms with Gasteiger partial charge in [0.15, 0.2) is 0 Å². The van der Waals surface area contributed by atoms with Crippen LogP contribution in [0, 0.1) is 11.8 Å². The van der Waals surface area contributed by atoms with Gasteiger partial charge in [-0.05, 0) is 36.8 Å². The van der Waals surface area contributed by atoms with Gasteiger partial charge < -0.3 is 0 Å². The molecule has 0 heterocycles. The van der Waals surface area contributed by atoms with Crippen LogP contribution in [0.1, 0.15) is 23.6 Å². The van der Waals surface area contributed by atoms with E-state index < -0.39 is 0 Å². The minimum absolute atomic E-state index is 0.910. The molecule has 0 nitrogen and oxygen atoms in total. The molecule has 1 heteroatoms. The summed E-state index contributed by atoms with van der Waals surface area (Å²) in [6.45, 7) is 1.93. The molecular weight excluding hydrogens is 224 g/mol. The first kappa shape index (κ1) is 11.6. The Morgan fingerprint density at radius 2 is 1.35 bits per heavy atom. The third-order valence-corrected chi connectivity index (χ3v) is 2.65. The summed E-state index contributed by atoms with van der Waals surface area (Å²) in [6.07, 6.45) is 0. The highest BCUT2D eigenvalue weighted by Crippen LogP contribution is 2.05. The van der Waals surface area contributed by atoms with Crippen LogP contribution in [0.4, 0.5) is 0 Å². The molecule has 0 saturated carbocycles. The lowest BCUT2D eigenvalue weighted by Gasteiger charge is -1.96. The van der Waals surface area contributed by atoms with Crippen LogP contribution < -0.4 is 0 Å². The van der Waals surface area contributed by atoms with Crippen molar-refractivity contribution in [2.24, 2.45) is 0 Å². The second-order valence-electron chi connectivity index (χ2n) is 3.75. The Balaban J connectivity index is 2.20. The number of thiocarbonyl (C=S) groups is 1. The second-order valence-corrected chi connectivity index (χ2v) is 4.36. The molecule has 0 amide bonds. The van der Waals surface area contributed by atoms with Crippen LogP contribution in [0.2, 0.25) is 0 Å². The molecule has 0 unspecified atom stereocenters. The van der Waals surface area contributed by atoms with Gasteiger partial charge in [0.05, 0.1) is 0 Å². The van der Waals surface area contributed by atoms with Crippen molar-refractivity contribution in [2.45, 2.75) is 6.92 Å². The van der Waals surface area contributed by atoms with Gasteiger partial charge in [-0.25, -0.2) is 0 Å². The van der Waals surface area contributed by atoms with Crippen LogP contribution >= 0.6 is 12.2 Å². The minimum Gasteiger partial charge on any atom is -0.0846 e. The molecule has 82 valence electrons.